The molecular formula is C21H28O. The summed E-state index contributed by atoms with van der Waals surface area (Å²) in [5.41, 5.74) is 2.48. The van der Waals surface area contributed by atoms with Crippen molar-refractivity contribution in [1.29, 1.82) is 0 Å². The second-order valence-corrected chi connectivity index (χ2v) is 8.59. The maximum atomic E-state index is 9.08. The lowest BCUT2D eigenvalue weighted by Gasteiger charge is -2.57. The van der Waals surface area contributed by atoms with E-state index in [2.05, 4.69) is 44.1 Å². The highest BCUT2D eigenvalue weighted by molar-refractivity contribution is 5.30. The average Bonchev–Trinajstić information content (AvgIpc) is 2.84. The van der Waals surface area contributed by atoms with Crippen molar-refractivity contribution in [3.63, 3.8) is 0 Å². The summed E-state index contributed by atoms with van der Waals surface area (Å²) in [5, 5.41) is 9.08. The number of aliphatic hydroxyl groups is 1. The van der Waals surface area contributed by atoms with Gasteiger partial charge in [0.1, 0.15) is 6.11 Å². The Kier molecular flexibility index (Phi) is 3.23. The fourth-order valence-electron chi connectivity index (χ4n) is 6.70. The highest BCUT2D eigenvalue weighted by Gasteiger charge is 2.58. The summed E-state index contributed by atoms with van der Waals surface area (Å²) < 4.78 is 0. The number of rotatable bonds is 0. The topological polar surface area (TPSA) is 20.2 Å². The molecule has 0 heterocycles. The second-order valence-electron chi connectivity index (χ2n) is 8.59. The quantitative estimate of drug-likeness (QED) is 0.619. The highest BCUT2D eigenvalue weighted by Crippen LogP contribution is 2.66. The average molecular weight is 296 g/mol. The minimum Gasteiger partial charge on any atom is -0.462 e. The van der Waals surface area contributed by atoms with E-state index in [4.69, 9.17) is 5.11 Å². The Bertz CT molecular complexity index is 589. The van der Waals surface area contributed by atoms with Crippen LogP contribution < -0.4 is 0 Å². The van der Waals surface area contributed by atoms with Crippen molar-refractivity contribution in [3.05, 3.63) is 23.8 Å². The van der Waals surface area contributed by atoms with Gasteiger partial charge in [0.05, 0.1) is 0 Å². The fourth-order valence-corrected chi connectivity index (χ4v) is 6.70. The zero-order chi connectivity index (χ0) is 15.4. The van der Waals surface area contributed by atoms with Gasteiger partial charge in [0, 0.05) is 5.92 Å². The Morgan fingerprint density at radius 1 is 1.14 bits per heavy atom. The summed E-state index contributed by atoms with van der Waals surface area (Å²) in [6.45, 7) is 4.99. The number of fused-ring (bicyclic) bond motifs is 5. The molecule has 0 aliphatic heterocycles. The SMILES string of the molecule is C[C@]12CC[C@H]3[C@@H](CCC4=CC=CC[C@@]43C)[C@@H]1CC[C@@H]2C#CO. The van der Waals surface area contributed by atoms with E-state index in [0.717, 1.165) is 17.8 Å². The molecule has 0 saturated heterocycles. The third-order valence-electron chi connectivity index (χ3n) is 7.95. The molecule has 3 saturated carbocycles. The smallest absolute Gasteiger partial charge is 0.107 e. The molecule has 0 unspecified atom stereocenters. The standard InChI is InChI=1S/C21H28O/c1-20-12-4-3-5-15(20)6-8-17-18-9-7-16(11-14-22)21(18,2)13-10-19(17)20/h3-5,16-19,22H,6-10,12-13H2,1-2H3/t16-,17+,18+,19+,20+,21-/m1/s1. The zero-order valence-electron chi connectivity index (χ0n) is 13.9. The van der Waals surface area contributed by atoms with Crippen LogP contribution in [0.25, 0.3) is 0 Å². The molecule has 0 aromatic carbocycles. The minimum absolute atomic E-state index is 0.346. The van der Waals surface area contributed by atoms with Gasteiger partial charge >= 0.3 is 0 Å². The molecule has 4 aliphatic carbocycles. The third kappa shape index (κ3) is 1.79. The van der Waals surface area contributed by atoms with E-state index in [1.807, 2.05) is 0 Å². The van der Waals surface area contributed by atoms with Crippen LogP contribution in [0.4, 0.5) is 0 Å². The van der Waals surface area contributed by atoms with Crippen LogP contribution in [0.15, 0.2) is 23.8 Å². The Morgan fingerprint density at radius 3 is 2.82 bits per heavy atom. The third-order valence-corrected chi connectivity index (χ3v) is 7.95. The normalized spacial score (nSPS) is 49.3. The first-order valence-corrected chi connectivity index (χ1v) is 9.10. The molecule has 1 nitrogen and oxygen atoms in total. The lowest BCUT2D eigenvalue weighted by atomic mass is 9.47. The lowest BCUT2D eigenvalue weighted by molar-refractivity contribution is -0.0386. The zero-order valence-corrected chi connectivity index (χ0v) is 13.9. The van der Waals surface area contributed by atoms with Crippen molar-refractivity contribution in [2.24, 2.45) is 34.5 Å². The fraction of sp³-hybridized carbons (Fsp3) is 0.714. The Labute approximate surface area is 134 Å². The van der Waals surface area contributed by atoms with Crippen molar-refractivity contribution in [3.8, 4) is 12.0 Å². The van der Waals surface area contributed by atoms with Gasteiger partial charge in [-0.05, 0) is 73.5 Å². The van der Waals surface area contributed by atoms with Crippen molar-refractivity contribution in [2.75, 3.05) is 0 Å². The molecule has 6 atom stereocenters. The van der Waals surface area contributed by atoms with Gasteiger partial charge in [-0.1, -0.05) is 43.6 Å². The first-order valence-electron chi connectivity index (χ1n) is 9.10. The molecular weight excluding hydrogens is 268 g/mol. The monoisotopic (exact) mass is 296 g/mol. The van der Waals surface area contributed by atoms with Crippen LogP contribution in [0, 0.1) is 46.5 Å². The summed E-state index contributed by atoms with van der Waals surface area (Å²) in [5.74, 6) is 6.10. The molecule has 0 spiro atoms. The van der Waals surface area contributed by atoms with Crippen LogP contribution in [-0.4, -0.2) is 5.11 Å². The molecule has 1 heteroatoms. The van der Waals surface area contributed by atoms with Gasteiger partial charge in [0.15, 0.2) is 0 Å². The molecule has 22 heavy (non-hydrogen) atoms. The van der Waals surface area contributed by atoms with Gasteiger partial charge < -0.3 is 5.11 Å². The summed E-state index contributed by atoms with van der Waals surface area (Å²) in [7, 11) is 0. The van der Waals surface area contributed by atoms with E-state index < -0.39 is 0 Å². The van der Waals surface area contributed by atoms with Gasteiger partial charge in [-0.25, -0.2) is 0 Å². The predicted octanol–water partition coefficient (Wildman–Crippen LogP) is 5.06. The molecule has 0 radical (unpaired) electrons. The molecule has 4 aliphatic rings. The molecule has 0 aromatic heterocycles. The molecule has 0 amide bonds. The number of allylic oxidation sites excluding steroid dienone is 4. The van der Waals surface area contributed by atoms with E-state index in [1.165, 1.54) is 44.9 Å². The first kappa shape index (κ1) is 14.4. The van der Waals surface area contributed by atoms with E-state index in [1.54, 1.807) is 5.57 Å². The number of hydrogen-bond acceptors (Lipinski definition) is 1. The molecule has 1 N–H and O–H groups in total. The second kappa shape index (κ2) is 4.92. The molecule has 3 fully saturated rings. The maximum Gasteiger partial charge on any atom is 0.107 e. The van der Waals surface area contributed by atoms with Gasteiger partial charge in [-0.15, -0.1) is 0 Å². The summed E-state index contributed by atoms with van der Waals surface area (Å²) in [6, 6.07) is 0. The Hall–Kier alpha value is -1.16. The van der Waals surface area contributed by atoms with E-state index in [-0.39, 0.29) is 0 Å². The lowest BCUT2D eigenvalue weighted by Crippen LogP contribution is -2.49. The van der Waals surface area contributed by atoms with Crippen LogP contribution in [0.1, 0.15) is 58.8 Å². The Morgan fingerprint density at radius 2 is 2.00 bits per heavy atom. The van der Waals surface area contributed by atoms with Gasteiger partial charge in [-0.2, -0.15) is 0 Å². The molecule has 0 bridgehead atoms. The van der Waals surface area contributed by atoms with E-state index >= 15 is 0 Å². The van der Waals surface area contributed by atoms with Crippen LogP contribution in [0.2, 0.25) is 0 Å². The maximum absolute atomic E-state index is 9.08. The van der Waals surface area contributed by atoms with Crippen molar-refractivity contribution in [1.82, 2.24) is 0 Å². The summed E-state index contributed by atoms with van der Waals surface area (Å²) in [6.07, 6.45) is 18.4. The molecule has 4 rings (SSSR count). The largest absolute Gasteiger partial charge is 0.462 e. The van der Waals surface area contributed by atoms with E-state index in [0.29, 0.717) is 16.7 Å². The van der Waals surface area contributed by atoms with Crippen LogP contribution in [-0.2, 0) is 0 Å². The first-order chi connectivity index (χ1) is 10.6. The van der Waals surface area contributed by atoms with E-state index in [9.17, 15) is 0 Å². The molecule has 0 aromatic rings. The van der Waals surface area contributed by atoms with Crippen LogP contribution >= 0.6 is 0 Å². The van der Waals surface area contributed by atoms with Crippen molar-refractivity contribution < 1.29 is 5.11 Å². The highest BCUT2D eigenvalue weighted by atomic mass is 16.2. The van der Waals surface area contributed by atoms with Gasteiger partial charge in [0.25, 0.3) is 0 Å². The van der Waals surface area contributed by atoms with Crippen molar-refractivity contribution >= 4 is 0 Å². The van der Waals surface area contributed by atoms with Gasteiger partial charge in [0.2, 0.25) is 0 Å². The van der Waals surface area contributed by atoms with Gasteiger partial charge in [-0.3, -0.25) is 0 Å². The molecule has 118 valence electrons. The summed E-state index contributed by atoms with van der Waals surface area (Å²) >= 11 is 0. The predicted molar refractivity (Wildman–Crippen MR) is 89.4 cm³/mol. The van der Waals surface area contributed by atoms with Crippen LogP contribution in [0.3, 0.4) is 0 Å². The minimum atomic E-state index is 0.346. The van der Waals surface area contributed by atoms with Crippen molar-refractivity contribution in [2.45, 2.75) is 58.8 Å². The number of aliphatic hydroxyl groups excluding tert-OH is 1. The Balaban J connectivity index is 1.66. The van der Waals surface area contributed by atoms with Crippen LogP contribution in [0.5, 0.6) is 0 Å². The summed E-state index contributed by atoms with van der Waals surface area (Å²) in [4.78, 5) is 0. The number of hydrogen-bond donors (Lipinski definition) is 1.